The van der Waals surface area contributed by atoms with Crippen molar-refractivity contribution in [1.82, 2.24) is 9.62 Å². The number of sulfonamides is 1. The van der Waals surface area contributed by atoms with Gasteiger partial charge in [0, 0.05) is 25.4 Å². The van der Waals surface area contributed by atoms with Gasteiger partial charge in [0.15, 0.2) is 0 Å². The Bertz CT molecular complexity index is 485. The summed E-state index contributed by atoms with van der Waals surface area (Å²) in [6, 6.07) is 1.77. The van der Waals surface area contributed by atoms with Gasteiger partial charge in [-0.3, -0.25) is 0 Å². The van der Waals surface area contributed by atoms with Crippen LogP contribution < -0.4 is 5.32 Å². The van der Waals surface area contributed by atoms with E-state index in [9.17, 15) is 8.42 Å². The number of nitrogens with zero attached hydrogens (tertiary/aromatic N) is 1. The first-order valence-corrected chi connectivity index (χ1v) is 9.90. The highest BCUT2D eigenvalue weighted by molar-refractivity contribution is 7.98. The Labute approximate surface area is 124 Å². The van der Waals surface area contributed by atoms with Crippen LogP contribution in [0.3, 0.4) is 0 Å². The van der Waals surface area contributed by atoms with E-state index in [0.717, 1.165) is 17.9 Å². The molecule has 0 aliphatic rings. The zero-order valence-corrected chi connectivity index (χ0v) is 14.3. The zero-order valence-electron chi connectivity index (χ0n) is 11.8. The van der Waals surface area contributed by atoms with E-state index in [1.54, 1.807) is 24.9 Å². The molecule has 1 aromatic rings. The summed E-state index contributed by atoms with van der Waals surface area (Å²) >= 11 is 2.95. The third-order valence-corrected chi connectivity index (χ3v) is 7.12. The molecule has 0 aliphatic carbocycles. The molecule has 4 nitrogen and oxygen atoms in total. The van der Waals surface area contributed by atoms with Gasteiger partial charge in [-0.15, -0.1) is 11.3 Å². The van der Waals surface area contributed by atoms with Gasteiger partial charge in [0.05, 0.1) is 0 Å². The van der Waals surface area contributed by atoms with Crippen LogP contribution in [-0.2, 0) is 16.6 Å². The lowest BCUT2D eigenvalue weighted by Gasteiger charge is -2.22. The van der Waals surface area contributed by atoms with Crippen LogP contribution in [0, 0.1) is 0 Å². The van der Waals surface area contributed by atoms with Crippen LogP contribution in [0.4, 0.5) is 0 Å². The summed E-state index contributed by atoms with van der Waals surface area (Å²) in [5, 5.41) is 5.10. The summed E-state index contributed by atoms with van der Waals surface area (Å²) in [6.45, 7) is 5.55. The average molecular weight is 323 g/mol. The van der Waals surface area contributed by atoms with Gasteiger partial charge < -0.3 is 5.32 Å². The van der Waals surface area contributed by atoms with E-state index in [2.05, 4.69) is 5.32 Å². The monoisotopic (exact) mass is 322 g/mol. The average Bonchev–Trinajstić information content (AvgIpc) is 2.85. The summed E-state index contributed by atoms with van der Waals surface area (Å²) in [7, 11) is -1.70. The molecular formula is C12H22N2O2S3. The van der Waals surface area contributed by atoms with Crippen molar-refractivity contribution >= 4 is 33.1 Å². The Balaban J connectivity index is 2.84. The van der Waals surface area contributed by atoms with E-state index < -0.39 is 10.0 Å². The van der Waals surface area contributed by atoms with E-state index >= 15 is 0 Å². The fourth-order valence-corrected chi connectivity index (χ4v) is 5.13. The molecule has 0 aromatic carbocycles. The molecule has 0 fully saturated rings. The Kier molecular flexibility index (Phi) is 6.82. The molecule has 1 N–H and O–H groups in total. The van der Waals surface area contributed by atoms with Gasteiger partial charge in [-0.25, -0.2) is 8.42 Å². The van der Waals surface area contributed by atoms with Gasteiger partial charge in [0.2, 0.25) is 0 Å². The van der Waals surface area contributed by atoms with Crippen LogP contribution in [0.25, 0.3) is 0 Å². The topological polar surface area (TPSA) is 49.4 Å². The van der Waals surface area contributed by atoms with Gasteiger partial charge in [-0.1, -0.05) is 6.92 Å². The smallest absolute Gasteiger partial charge is 0.252 e. The fourth-order valence-electron chi connectivity index (χ4n) is 1.58. The number of rotatable bonds is 8. The van der Waals surface area contributed by atoms with Crippen molar-refractivity contribution in [2.24, 2.45) is 0 Å². The van der Waals surface area contributed by atoms with Crippen molar-refractivity contribution in [3.05, 3.63) is 17.0 Å². The molecule has 0 saturated heterocycles. The first kappa shape index (κ1) is 17.0. The quantitative estimate of drug-likeness (QED) is 0.797. The molecular weight excluding hydrogens is 300 g/mol. The highest BCUT2D eigenvalue weighted by atomic mass is 32.2. The summed E-state index contributed by atoms with van der Waals surface area (Å²) in [6.07, 6.45) is 1.98. The molecule has 0 spiro atoms. The van der Waals surface area contributed by atoms with Crippen LogP contribution in [-0.4, -0.2) is 44.4 Å². The predicted molar refractivity (Wildman–Crippen MR) is 84.5 cm³/mol. The number of thiophene rings is 1. The summed E-state index contributed by atoms with van der Waals surface area (Å²) in [5.41, 5.74) is 1.02. The van der Waals surface area contributed by atoms with Crippen molar-refractivity contribution in [2.45, 2.75) is 30.6 Å². The standard InChI is InChI=1S/C12H22N2O2S3/c1-5-13-7-11-6-12(18-9-11)19(15,16)14(3)10(2)8-17-4/h6,9-10,13H,5,7-8H2,1-4H3. The molecule has 110 valence electrons. The van der Waals surface area contributed by atoms with Gasteiger partial charge in [-0.2, -0.15) is 16.1 Å². The first-order valence-electron chi connectivity index (χ1n) is 6.18. The van der Waals surface area contributed by atoms with Gasteiger partial charge in [-0.05, 0) is 36.7 Å². The van der Waals surface area contributed by atoms with E-state index in [4.69, 9.17) is 0 Å². The summed E-state index contributed by atoms with van der Waals surface area (Å²) in [5.74, 6) is 0.797. The van der Waals surface area contributed by atoms with E-state index in [1.807, 2.05) is 25.5 Å². The maximum absolute atomic E-state index is 12.4. The maximum Gasteiger partial charge on any atom is 0.252 e. The number of hydrogen-bond donors (Lipinski definition) is 1. The van der Waals surface area contributed by atoms with Gasteiger partial charge in [0.25, 0.3) is 10.0 Å². The van der Waals surface area contributed by atoms with Gasteiger partial charge in [0.1, 0.15) is 4.21 Å². The number of nitrogens with one attached hydrogen (secondary N) is 1. The predicted octanol–water partition coefficient (Wildman–Crippen LogP) is 2.23. The largest absolute Gasteiger partial charge is 0.313 e. The molecule has 1 heterocycles. The lowest BCUT2D eigenvalue weighted by Crippen LogP contribution is -2.36. The van der Waals surface area contributed by atoms with Crippen molar-refractivity contribution in [3.8, 4) is 0 Å². The molecule has 0 radical (unpaired) electrons. The Morgan fingerprint density at radius 3 is 2.79 bits per heavy atom. The van der Waals surface area contributed by atoms with E-state index in [1.165, 1.54) is 15.6 Å². The lowest BCUT2D eigenvalue weighted by atomic mass is 10.3. The van der Waals surface area contributed by atoms with Gasteiger partial charge >= 0.3 is 0 Å². The number of hydrogen-bond acceptors (Lipinski definition) is 5. The minimum Gasteiger partial charge on any atom is -0.313 e. The molecule has 1 rings (SSSR count). The maximum atomic E-state index is 12.4. The molecule has 1 atom stereocenters. The van der Waals surface area contributed by atoms with Crippen molar-refractivity contribution < 1.29 is 8.42 Å². The third kappa shape index (κ3) is 4.46. The van der Waals surface area contributed by atoms with Crippen molar-refractivity contribution in [1.29, 1.82) is 0 Å². The second-order valence-corrected chi connectivity index (χ2v) is 8.43. The first-order chi connectivity index (χ1) is 8.93. The molecule has 19 heavy (non-hydrogen) atoms. The van der Waals surface area contributed by atoms with Crippen LogP contribution >= 0.6 is 23.1 Å². The molecule has 0 aliphatic heterocycles. The van der Waals surface area contributed by atoms with Crippen LogP contribution in [0.5, 0.6) is 0 Å². The van der Waals surface area contributed by atoms with Crippen molar-refractivity contribution in [2.75, 3.05) is 25.6 Å². The van der Waals surface area contributed by atoms with Crippen LogP contribution in [0.15, 0.2) is 15.7 Å². The molecule has 0 saturated carbocycles. The highest BCUT2D eigenvalue weighted by Crippen LogP contribution is 2.25. The minimum atomic E-state index is -3.35. The Hall–Kier alpha value is -0.0800. The molecule has 0 bridgehead atoms. The Morgan fingerprint density at radius 1 is 1.53 bits per heavy atom. The third-order valence-electron chi connectivity index (χ3n) is 2.87. The van der Waals surface area contributed by atoms with Crippen LogP contribution in [0.2, 0.25) is 0 Å². The van der Waals surface area contributed by atoms with E-state index in [-0.39, 0.29) is 6.04 Å². The lowest BCUT2D eigenvalue weighted by molar-refractivity contribution is 0.416. The SMILES string of the molecule is CCNCc1csc(S(=O)(=O)N(C)C(C)CSC)c1. The normalized spacial score (nSPS) is 13.9. The molecule has 1 unspecified atom stereocenters. The number of thioether (sulfide) groups is 1. The zero-order chi connectivity index (χ0) is 14.5. The molecule has 7 heteroatoms. The second-order valence-electron chi connectivity index (χ2n) is 4.38. The minimum absolute atomic E-state index is 0.000633. The molecule has 0 amide bonds. The summed E-state index contributed by atoms with van der Waals surface area (Å²) < 4.78 is 26.8. The summed E-state index contributed by atoms with van der Waals surface area (Å²) in [4.78, 5) is 0. The van der Waals surface area contributed by atoms with E-state index in [0.29, 0.717) is 10.8 Å². The fraction of sp³-hybridized carbons (Fsp3) is 0.667. The molecule has 1 aromatic heterocycles. The Morgan fingerprint density at radius 2 is 2.21 bits per heavy atom. The highest BCUT2D eigenvalue weighted by Gasteiger charge is 2.26. The second kappa shape index (κ2) is 7.64. The van der Waals surface area contributed by atoms with Crippen LogP contribution in [0.1, 0.15) is 19.4 Å². The van der Waals surface area contributed by atoms with Crippen molar-refractivity contribution in [3.63, 3.8) is 0 Å².